The Morgan fingerprint density at radius 1 is 1.00 bits per heavy atom. The molecule has 1 unspecified atom stereocenters. The van der Waals surface area contributed by atoms with Crippen molar-refractivity contribution in [3.8, 4) is 17.4 Å². The first-order valence-electron chi connectivity index (χ1n) is 12.0. The van der Waals surface area contributed by atoms with Gasteiger partial charge in [0.15, 0.2) is 11.5 Å². The van der Waals surface area contributed by atoms with Gasteiger partial charge in [0.05, 0.1) is 11.3 Å². The maximum Gasteiger partial charge on any atom is 0.534 e. The van der Waals surface area contributed by atoms with Gasteiger partial charge >= 0.3 is 27.7 Å². The Bertz CT molecular complexity index is 1890. The largest absolute Gasteiger partial charge is 0.534 e. The number of benzene rings is 1. The van der Waals surface area contributed by atoms with Crippen LogP contribution >= 0.6 is 0 Å². The summed E-state index contributed by atoms with van der Waals surface area (Å²) in [7, 11) is -6.42. The molecule has 1 aliphatic rings. The molecule has 10 nitrogen and oxygen atoms in total. The second-order valence-corrected chi connectivity index (χ2v) is 11.1. The summed E-state index contributed by atoms with van der Waals surface area (Å²) in [6.07, 6.45) is -5.15. The van der Waals surface area contributed by atoms with Crippen molar-refractivity contribution >= 4 is 27.5 Å². The number of imidazole rings is 1. The first-order chi connectivity index (χ1) is 20.2. The lowest BCUT2D eigenvalue weighted by Crippen LogP contribution is -2.36. The van der Waals surface area contributed by atoms with Gasteiger partial charge in [-0.3, -0.25) is 4.79 Å². The number of carbonyl (C=O) groups excluding carboxylic acids is 1. The molecule has 0 saturated heterocycles. The van der Waals surface area contributed by atoms with Gasteiger partial charge in [0, 0.05) is 25.0 Å². The van der Waals surface area contributed by atoms with Crippen LogP contribution in [-0.2, 0) is 26.7 Å². The average Bonchev–Trinajstić information content (AvgIpc) is 3.48. The quantitative estimate of drug-likeness (QED) is 0.169. The Hall–Kier alpha value is -4.49. The summed E-state index contributed by atoms with van der Waals surface area (Å²) in [5.74, 6) is -9.34. The fraction of sp³-hybridized carbons (Fsp3) is 0.292. The minimum absolute atomic E-state index is 0.0217. The summed E-state index contributed by atoms with van der Waals surface area (Å²) in [5, 5.41) is 2.27. The number of nitrogens with zero attached hydrogens (tertiary/aromatic N) is 5. The van der Waals surface area contributed by atoms with E-state index in [0.717, 1.165) is 48.0 Å². The van der Waals surface area contributed by atoms with Crippen LogP contribution in [0, 0.1) is 5.82 Å². The topological polar surface area (TPSA) is 128 Å². The number of alkyl halides is 8. The summed E-state index contributed by atoms with van der Waals surface area (Å²) in [6, 6.07) is 4.08. The number of aryl methyl sites for hydroxylation is 1. The van der Waals surface area contributed by atoms with E-state index in [1.165, 1.54) is 6.20 Å². The van der Waals surface area contributed by atoms with Crippen molar-refractivity contribution in [3.05, 3.63) is 65.5 Å². The number of halogens is 9. The van der Waals surface area contributed by atoms with Crippen molar-refractivity contribution in [2.75, 3.05) is 5.32 Å². The van der Waals surface area contributed by atoms with E-state index in [9.17, 15) is 52.7 Å². The van der Waals surface area contributed by atoms with Crippen molar-refractivity contribution in [2.45, 2.75) is 42.8 Å². The van der Waals surface area contributed by atoms with Crippen LogP contribution in [0.5, 0.6) is 5.88 Å². The van der Waals surface area contributed by atoms with Crippen LogP contribution in [0.15, 0.2) is 42.9 Å². The fourth-order valence-corrected chi connectivity index (χ4v) is 4.82. The summed E-state index contributed by atoms with van der Waals surface area (Å²) in [4.78, 5) is 28.8. The Balaban J connectivity index is 1.69. The van der Waals surface area contributed by atoms with Crippen molar-refractivity contribution in [1.82, 2.24) is 24.3 Å². The molecule has 0 fully saturated rings. The van der Waals surface area contributed by atoms with Crippen molar-refractivity contribution in [2.24, 2.45) is 0 Å². The van der Waals surface area contributed by atoms with Crippen LogP contribution in [0.3, 0.4) is 0 Å². The fourth-order valence-electron chi connectivity index (χ4n) is 4.40. The Morgan fingerprint density at radius 2 is 1.66 bits per heavy atom. The first-order valence-corrected chi connectivity index (χ1v) is 13.4. The van der Waals surface area contributed by atoms with Crippen LogP contribution in [0.4, 0.5) is 45.3 Å². The standard InChI is InChI=1S/C24H15F9N6O4S/c1-21(11-2-4-12(25)5-3-11)15-17(38-20(21)40)36-16(37-19(15)43-44(41,42)24(31,32)33)14-10-39-9-8-34-18(39)13(35-14)6-7-22(26,27)23(28,29)30/h2-5,8-10H,6-7H2,1H3,(H,36,37,38,40). The Morgan fingerprint density at radius 3 is 2.27 bits per heavy atom. The first kappa shape index (κ1) is 31.0. The third-order valence-electron chi connectivity index (χ3n) is 6.72. The Labute approximate surface area is 240 Å². The number of aromatic nitrogens is 5. The maximum absolute atomic E-state index is 13.7. The SMILES string of the molecule is CC1(c2ccc(F)cc2)C(=O)Nc2nc(-c3cn4ccnc4c(CCC(F)(F)C(F)(F)F)n3)nc(OS(=O)(=O)C(F)(F)F)c21. The molecule has 1 amide bonds. The van der Waals surface area contributed by atoms with E-state index in [2.05, 4.69) is 29.4 Å². The molecule has 0 bridgehead atoms. The van der Waals surface area contributed by atoms with Gasteiger partial charge < -0.3 is 13.9 Å². The lowest BCUT2D eigenvalue weighted by molar-refractivity contribution is -0.284. The number of anilines is 1. The highest BCUT2D eigenvalue weighted by molar-refractivity contribution is 7.88. The van der Waals surface area contributed by atoms with Crippen LogP contribution in [0.25, 0.3) is 17.2 Å². The summed E-state index contributed by atoms with van der Waals surface area (Å²) in [5.41, 5.74) is -9.62. The predicted octanol–water partition coefficient (Wildman–Crippen LogP) is 4.94. The molecular formula is C24H15F9N6O4S. The zero-order valence-electron chi connectivity index (χ0n) is 21.6. The third kappa shape index (κ3) is 5.15. The molecule has 4 heterocycles. The minimum Gasteiger partial charge on any atom is -0.355 e. The van der Waals surface area contributed by atoms with E-state index in [1.807, 2.05) is 0 Å². The van der Waals surface area contributed by atoms with Crippen molar-refractivity contribution < 1.29 is 56.9 Å². The normalized spacial score (nSPS) is 17.5. The number of hydrogen-bond acceptors (Lipinski definition) is 8. The lowest BCUT2D eigenvalue weighted by atomic mass is 9.78. The molecule has 1 aliphatic heterocycles. The van der Waals surface area contributed by atoms with Gasteiger partial charge in [0.2, 0.25) is 11.8 Å². The molecule has 0 radical (unpaired) electrons. The van der Waals surface area contributed by atoms with Gasteiger partial charge in [0.1, 0.15) is 22.7 Å². The molecule has 20 heteroatoms. The van der Waals surface area contributed by atoms with E-state index in [1.54, 1.807) is 0 Å². The van der Waals surface area contributed by atoms with Gasteiger partial charge in [-0.15, -0.1) is 0 Å². The number of amides is 1. The summed E-state index contributed by atoms with van der Waals surface area (Å²) >= 11 is 0. The van der Waals surface area contributed by atoms with Gasteiger partial charge in [-0.2, -0.15) is 48.5 Å². The molecule has 1 aromatic carbocycles. The number of nitrogens with one attached hydrogen (secondary N) is 1. The monoisotopic (exact) mass is 654 g/mol. The van der Waals surface area contributed by atoms with E-state index in [4.69, 9.17) is 0 Å². The minimum atomic E-state index is -6.42. The molecule has 0 spiro atoms. The number of rotatable bonds is 7. The highest BCUT2D eigenvalue weighted by Crippen LogP contribution is 2.47. The van der Waals surface area contributed by atoms with Crippen LogP contribution in [0.1, 0.15) is 30.2 Å². The highest BCUT2D eigenvalue weighted by atomic mass is 32.2. The van der Waals surface area contributed by atoms with E-state index < -0.39 is 92.2 Å². The van der Waals surface area contributed by atoms with Gasteiger partial charge in [-0.25, -0.2) is 19.3 Å². The second-order valence-electron chi connectivity index (χ2n) is 9.58. The molecule has 1 atom stereocenters. The zero-order valence-corrected chi connectivity index (χ0v) is 22.5. The molecule has 1 N–H and O–H groups in total. The number of hydrogen-bond donors (Lipinski definition) is 1. The van der Waals surface area contributed by atoms with E-state index in [0.29, 0.717) is 0 Å². The van der Waals surface area contributed by atoms with Gasteiger partial charge in [0.25, 0.3) is 0 Å². The molecule has 5 rings (SSSR count). The molecule has 234 valence electrons. The molecular weight excluding hydrogens is 639 g/mol. The third-order valence-corrected chi connectivity index (χ3v) is 7.66. The maximum atomic E-state index is 13.7. The molecule has 4 aromatic rings. The van der Waals surface area contributed by atoms with Crippen LogP contribution in [-0.4, -0.2) is 56.3 Å². The number of fused-ring (bicyclic) bond motifs is 2. The predicted molar refractivity (Wildman–Crippen MR) is 130 cm³/mol. The second kappa shape index (κ2) is 10.0. The van der Waals surface area contributed by atoms with Crippen LogP contribution < -0.4 is 9.50 Å². The zero-order chi connectivity index (χ0) is 32.5. The Kier molecular flexibility index (Phi) is 7.05. The average molecular weight is 654 g/mol. The molecule has 0 aliphatic carbocycles. The molecule has 44 heavy (non-hydrogen) atoms. The van der Waals surface area contributed by atoms with Gasteiger partial charge in [-0.1, -0.05) is 12.1 Å². The van der Waals surface area contributed by atoms with E-state index >= 15 is 0 Å². The van der Waals surface area contributed by atoms with Gasteiger partial charge in [-0.05, 0) is 31.0 Å². The molecule has 0 saturated carbocycles. The molecule has 3 aromatic heterocycles. The van der Waals surface area contributed by atoms with E-state index in [-0.39, 0.29) is 11.2 Å². The lowest BCUT2D eigenvalue weighted by Gasteiger charge is -2.24. The van der Waals surface area contributed by atoms with Crippen molar-refractivity contribution in [3.63, 3.8) is 0 Å². The smallest absolute Gasteiger partial charge is 0.355 e. The summed E-state index contributed by atoms with van der Waals surface area (Å²) in [6.45, 7) is 1.16. The summed E-state index contributed by atoms with van der Waals surface area (Å²) < 4.78 is 149. The van der Waals surface area contributed by atoms with Crippen LogP contribution in [0.2, 0.25) is 0 Å². The number of carbonyl (C=O) groups is 1. The van der Waals surface area contributed by atoms with Crippen molar-refractivity contribution in [1.29, 1.82) is 0 Å². The highest BCUT2D eigenvalue weighted by Gasteiger charge is 2.57.